The molecule has 2 atom stereocenters. The zero-order valence-electron chi connectivity index (χ0n) is 15.4. The van der Waals surface area contributed by atoms with Gasteiger partial charge in [0.05, 0.1) is 5.70 Å². The van der Waals surface area contributed by atoms with Crippen LogP contribution in [0.2, 0.25) is 0 Å². The molecule has 0 saturated heterocycles. The summed E-state index contributed by atoms with van der Waals surface area (Å²) in [5.41, 5.74) is 2.99. The third-order valence-electron chi connectivity index (χ3n) is 4.68. The highest BCUT2D eigenvalue weighted by Gasteiger charge is 2.41. The molecule has 0 bridgehead atoms. The minimum absolute atomic E-state index is 0.107. The fourth-order valence-corrected chi connectivity index (χ4v) is 2.92. The van der Waals surface area contributed by atoms with E-state index in [9.17, 15) is 4.79 Å². The van der Waals surface area contributed by atoms with Gasteiger partial charge in [0.2, 0.25) is 0 Å². The average Bonchev–Trinajstić information content (AvgIpc) is 2.49. The predicted molar refractivity (Wildman–Crippen MR) is 88.0 cm³/mol. The number of hydrogen-bond donors (Lipinski definition) is 1. The van der Waals surface area contributed by atoms with Crippen LogP contribution < -0.4 is 5.48 Å². The number of hydrogen-bond acceptors (Lipinski definition) is 4. The first-order chi connectivity index (χ1) is 10.1. The molecule has 1 amide bonds. The molecule has 0 aromatic heterocycles. The van der Waals surface area contributed by atoms with Gasteiger partial charge in [-0.25, -0.2) is 4.79 Å². The molecular formula is C17H32N2O3. The van der Waals surface area contributed by atoms with Crippen LogP contribution in [0.15, 0.2) is 11.5 Å². The number of carbonyl (C=O) groups excluding carboxylic acids is 1. The van der Waals surface area contributed by atoms with Crippen molar-refractivity contribution in [3.63, 3.8) is 0 Å². The minimum atomic E-state index is -0.507. The zero-order valence-corrected chi connectivity index (χ0v) is 15.4. The van der Waals surface area contributed by atoms with Gasteiger partial charge in [-0.15, -0.1) is 0 Å². The van der Waals surface area contributed by atoms with Gasteiger partial charge in [0.25, 0.3) is 0 Å². The van der Waals surface area contributed by atoms with Gasteiger partial charge in [-0.2, -0.15) is 5.48 Å². The van der Waals surface area contributed by atoms with Crippen LogP contribution in [0.4, 0.5) is 4.79 Å². The van der Waals surface area contributed by atoms with Crippen molar-refractivity contribution in [2.75, 3.05) is 13.6 Å². The molecule has 22 heavy (non-hydrogen) atoms. The lowest BCUT2D eigenvalue weighted by atomic mass is 9.73. The van der Waals surface area contributed by atoms with Crippen molar-refractivity contribution < 1.29 is 14.4 Å². The van der Waals surface area contributed by atoms with Crippen molar-refractivity contribution in [3.05, 3.63) is 11.5 Å². The molecule has 0 aromatic carbocycles. The zero-order chi connectivity index (χ0) is 17.1. The molecule has 5 heteroatoms. The SMILES string of the molecule is CC[C@]1(C)C(ONC)=C(C)N(C(=O)OC(C)(C)C)CC[C@H]1C. The number of nitrogens with one attached hydrogen (secondary N) is 1. The topological polar surface area (TPSA) is 50.8 Å². The van der Waals surface area contributed by atoms with E-state index in [0.717, 1.165) is 24.3 Å². The van der Waals surface area contributed by atoms with Crippen molar-refractivity contribution in [1.29, 1.82) is 0 Å². The van der Waals surface area contributed by atoms with E-state index in [1.54, 1.807) is 11.9 Å². The highest BCUT2D eigenvalue weighted by molar-refractivity contribution is 5.70. The molecule has 0 saturated carbocycles. The van der Waals surface area contributed by atoms with Crippen LogP contribution in [-0.4, -0.2) is 30.2 Å². The fourth-order valence-electron chi connectivity index (χ4n) is 2.92. The van der Waals surface area contributed by atoms with Crippen LogP contribution >= 0.6 is 0 Å². The number of ether oxygens (including phenoxy) is 1. The Morgan fingerprint density at radius 3 is 2.50 bits per heavy atom. The smallest absolute Gasteiger partial charge is 0.414 e. The lowest BCUT2D eigenvalue weighted by molar-refractivity contribution is 0.0275. The summed E-state index contributed by atoms with van der Waals surface area (Å²) in [6.07, 6.45) is 1.55. The Morgan fingerprint density at radius 2 is 2.05 bits per heavy atom. The van der Waals surface area contributed by atoms with Crippen LogP contribution in [0, 0.1) is 11.3 Å². The molecule has 1 aliphatic heterocycles. The molecule has 1 rings (SSSR count). The van der Waals surface area contributed by atoms with Crippen molar-refractivity contribution in [1.82, 2.24) is 10.4 Å². The van der Waals surface area contributed by atoms with E-state index < -0.39 is 5.60 Å². The second-order valence-electron chi connectivity index (χ2n) is 7.31. The lowest BCUT2D eigenvalue weighted by Crippen LogP contribution is -2.37. The number of allylic oxidation sites excluding steroid dienone is 2. The Kier molecular flexibility index (Phi) is 5.90. The third-order valence-corrected chi connectivity index (χ3v) is 4.68. The van der Waals surface area contributed by atoms with Gasteiger partial charge < -0.3 is 9.57 Å². The third kappa shape index (κ3) is 3.94. The second-order valence-corrected chi connectivity index (χ2v) is 7.31. The Morgan fingerprint density at radius 1 is 1.45 bits per heavy atom. The van der Waals surface area contributed by atoms with Gasteiger partial charge >= 0.3 is 6.09 Å². The van der Waals surface area contributed by atoms with Gasteiger partial charge in [-0.1, -0.05) is 20.8 Å². The summed E-state index contributed by atoms with van der Waals surface area (Å²) in [4.78, 5) is 20.0. The van der Waals surface area contributed by atoms with Gasteiger partial charge in [0.1, 0.15) is 11.4 Å². The average molecular weight is 312 g/mol. The number of amides is 1. The summed E-state index contributed by atoms with van der Waals surface area (Å²) in [5, 5.41) is 0. The van der Waals surface area contributed by atoms with E-state index in [4.69, 9.17) is 9.57 Å². The van der Waals surface area contributed by atoms with Crippen LogP contribution in [0.25, 0.3) is 0 Å². The van der Waals surface area contributed by atoms with E-state index in [1.165, 1.54) is 0 Å². The summed E-state index contributed by atoms with van der Waals surface area (Å²) in [7, 11) is 1.74. The molecule has 0 radical (unpaired) electrons. The number of hydroxylamine groups is 1. The van der Waals surface area contributed by atoms with Crippen molar-refractivity contribution in [3.8, 4) is 0 Å². The largest absolute Gasteiger partial charge is 0.443 e. The number of rotatable bonds is 3. The van der Waals surface area contributed by atoms with E-state index in [0.29, 0.717) is 12.5 Å². The molecule has 0 fully saturated rings. The molecule has 1 heterocycles. The van der Waals surface area contributed by atoms with E-state index in [1.807, 2.05) is 27.7 Å². The molecular weight excluding hydrogens is 280 g/mol. The summed E-state index contributed by atoms with van der Waals surface area (Å²) < 4.78 is 5.54. The summed E-state index contributed by atoms with van der Waals surface area (Å²) in [6, 6.07) is 0. The van der Waals surface area contributed by atoms with Gasteiger partial charge in [0.15, 0.2) is 0 Å². The summed E-state index contributed by atoms with van der Waals surface area (Å²) >= 11 is 0. The lowest BCUT2D eigenvalue weighted by Gasteiger charge is -2.35. The first-order valence-corrected chi connectivity index (χ1v) is 8.12. The molecule has 5 nitrogen and oxygen atoms in total. The van der Waals surface area contributed by atoms with Gasteiger partial charge in [-0.3, -0.25) is 4.90 Å². The van der Waals surface area contributed by atoms with Crippen LogP contribution in [0.1, 0.15) is 61.3 Å². The van der Waals surface area contributed by atoms with Crippen molar-refractivity contribution in [2.45, 2.75) is 66.9 Å². The molecule has 0 spiro atoms. The van der Waals surface area contributed by atoms with Crippen molar-refractivity contribution >= 4 is 6.09 Å². The maximum Gasteiger partial charge on any atom is 0.414 e. The van der Waals surface area contributed by atoms with E-state index in [2.05, 4.69) is 26.3 Å². The molecule has 1 N–H and O–H groups in total. The van der Waals surface area contributed by atoms with Gasteiger partial charge in [0, 0.05) is 19.0 Å². The molecule has 0 aliphatic carbocycles. The van der Waals surface area contributed by atoms with Crippen LogP contribution in [0.3, 0.4) is 0 Å². The fraction of sp³-hybridized carbons (Fsp3) is 0.824. The normalized spacial score (nSPS) is 26.7. The number of nitrogens with zero attached hydrogens (tertiary/aromatic N) is 1. The van der Waals surface area contributed by atoms with Crippen LogP contribution in [-0.2, 0) is 9.57 Å². The molecule has 0 unspecified atom stereocenters. The Bertz CT molecular complexity index is 440. The first-order valence-electron chi connectivity index (χ1n) is 8.12. The highest BCUT2D eigenvalue weighted by atomic mass is 16.6. The second kappa shape index (κ2) is 6.90. The maximum absolute atomic E-state index is 12.5. The van der Waals surface area contributed by atoms with Crippen molar-refractivity contribution in [2.24, 2.45) is 11.3 Å². The highest BCUT2D eigenvalue weighted by Crippen LogP contribution is 2.44. The summed E-state index contributed by atoms with van der Waals surface area (Å²) in [6.45, 7) is 14.8. The summed E-state index contributed by atoms with van der Waals surface area (Å²) in [5.74, 6) is 1.23. The van der Waals surface area contributed by atoms with Gasteiger partial charge in [-0.05, 0) is 46.5 Å². The maximum atomic E-state index is 12.5. The minimum Gasteiger partial charge on any atom is -0.443 e. The molecule has 0 aromatic rings. The molecule has 128 valence electrons. The monoisotopic (exact) mass is 312 g/mol. The molecule has 1 aliphatic rings. The first kappa shape index (κ1) is 18.8. The van der Waals surface area contributed by atoms with E-state index >= 15 is 0 Å². The van der Waals surface area contributed by atoms with Crippen LogP contribution in [0.5, 0.6) is 0 Å². The number of carbonyl (C=O) groups is 1. The Hall–Kier alpha value is -1.23. The quantitative estimate of drug-likeness (QED) is 0.798. The standard InChI is InChI=1S/C17H32N2O3/c1-9-17(7)12(2)10-11-19(13(3)14(17)22-18-8)15(20)21-16(4,5)6/h12,18H,9-11H2,1-8H3/t12-,17+/m1/s1. The van der Waals surface area contributed by atoms with E-state index in [-0.39, 0.29) is 11.5 Å². The predicted octanol–water partition coefficient (Wildman–Crippen LogP) is 4.06. The Labute approximate surface area is 135 Å². The Balaban J connectivity index is 3.23.